The van der Waals surface area contributed by atoms with Gasteiger partial charge in [0.25, 0.3) is 6.71 Å². The van der Waals surface area contributed by atoms with Gasteiger partial charge in [-0.25, -0.2) is 0 Å². The lowest BCUT2D eigenvalue weighted by Crippen LogP contribution is -2.64. The van der Waals surface area contributed by atoms with E-state index in [1.54, 1.807) is 0 Å². The summed E-state index contributed by atoms with van der Waals surface area (Å²) in [5.74, 6) is 0. The molecule has 542 valence electrons. The van der Waals surface area contributed by atoms with Gasteiger partial charge in [-0.15, -0.1) is 0 Å². The summed E-state index contributed by atoms with van der Waals surface area (Å²) < 4.78 is 0. The van der Waals surface area contributed by atoms with Gasteiger partial charge in [-0.1, -0.05) is 369 Å². The van der Waals surface area contributed by atoms with Gasteiger partial charge in [0.15, 0.2) is 0 Å². The van der Waals surface area contributed by atoms with Gasteiger partial charge in [-0.3, -0.25) is 0 Å². The lowest BCUT2D eigenvalue weighted by molar-refractivity contribution is 1.22. The molecule has 0 bridgehead atoms. The van der Waals surface area contributed by atoms with Crippen LogP contribution in [0.4, 0.5) is 85.3 Å². The number of rotatable bonds is 15. The number of hydrogen-bond acceptors (Lipinski definition) is 6. The molecule has 4 aliphatic rings. The Morgan fingerprint density at radius 1 is 0.198 bits per heavy atom. The number of anilines is 15. The molecule has 4 aliphatic heterocycles. The van der Waals surface area contributed by atoms with Crippen LogP contribution in [-0.4, -0.2) is 13.4 Å². The minimum Gasteiger partial charge on any atom is -0.311 e. The molecule has 0 unspecified atom stereocenters. The third-order valence-corrected chi connectivity index (χ3v) is 24.7. The molecule has 0 N–H and O–H groups in total. The Labute approximate surface area is 682 Å². The second-order valence-corrected chi connectivity index (χ2v) is 31.2. The maximum Gasteiger partial charge on any atom is 0.252 e. The number of benzene rings is 18. The molecule has 5 nitrogen and oxygen atoms in total. The predicted octanol–water partition coefficient (Wildman–Crippen LogP) is 25.5. The van der Waals surface area contributed by atoms with Gasteiger partial charge in [0.2, 0.25) is 6.71 Å². The Balaban J connectivity index is 0.867. The summed E-state index contributed by atoms with van der Waals surface area (Å²) in [5.41, 5.74) is 37.3. The molecule has 0 aromatic heterocycles. The number of hydrogen-bond donors (Lipinski definition) is 0. The molecule has 0 spiro atoms. The standard InChI is InChI=1S/C108H73B2N5S/c1-11-38-74(39-12-1)86-58-35-59-87(75-40-13-2-14-41-75)106(86)111(80-50-23-7-24-51-80)84-68-99-104-100(69-84)115(108-90(78-46-19-5-20-47-78)62-37-63-91(108)79-48-21-6-22-49-79)98-73-102-95(72-94(98)109(104)92-64-31-33-66-96(92)113(99)82-54-27-9-28-55-82)110-93-65-32-34-67-97(93)114(83-56-29-10-30-57-83)101-70-85(71-103(116-102)105(101)110)112(81-52-25-8-26-53-81)107-88(76-42-15-3-16-43-76)60-36-61-89(107)77-44-17-4-18-45-77/h1-73H. The van der Waals surface area contributed by atoms with Gasteiger partial charge in [0, 0.05) is 106 Å². The van der Waals surface area contributed by atoms with Gasteiger partial charge < -0.3 is 24.5 Å². The van der Waals surface area contributed by atoms with Gasteiger partial charge in [0.05, 0.1) is 22.7 Å². The van der Waals surface area contributed by atoms with E-state index in [9.17, 15) is 0 Å². The van der Waals surface area contributed by atoms with Gasteiger partial charge >= 0.3 is 0 Å². The van der Waals surface area contributed by atoms with Crippen molar-refractivity contribution < 1.29 is 0 Å². The first-order chi connectivity index (χ1) is 57.6. The third kappa shape index (κ3) is 11.5. The summed E-state index contributed by atoms with van der Waals surface area (Å²) >= 11 is 1.91. The predicted molar refractivity (Wildman–Crippen MR) is 492 cm³/mol. The van der Waals surface area contributed by atoms with Gasteiger partial charge in [-0.05, 0) is 152 Å². The minimum atomic E-state index is -0.261. The number of fused-ring (bicyclic) bond motifs is 8. The Morgan fingerprint density at radius 3 is 0.905 bits per heavy atom. The molecular formula is C108H73B2N5S. The molecule has 18 aromatic rings. The smallest absolute Gasteiger partial charge is 0.252 e. The highest BCUT2D eigenvalue weighted by Crippen LogP contribution is 2.57. The van der Waals surface area contributed by atoms with Crippen LogP contribution in [0.1, 0.15) is 0 Å². The van der Waals surface area contributed by atoms with Crippen LogP contribution in [0.5, 0.6) is 0 Å². The van der Waals surface area contributed by atoms with Crippen molar-refractivity contribution in [2.45, 2.75) is 9.79 Å². The zero-order valence-electron chi connectivity index (χ0n) is 63.4. The van der Waals surface area contributed by atoms with Crippen LogP contribution < -0.4 is 57.3 Å². The van der Waals surface area contributed by atoms with Crippen molar-refractivity contribution in [3.63, 3.8) is 0 Å². The summed E-state index contributed by atoms with van der Waals surface area (Å²) in [7, 11) is 0. The second kappa shape index (κ2) is 28.9. The van der Waals surface area contributed by atoms with Gasteiger partial charge in [0.1, 0.15) is 0 Å². The van der Waals surface area contributed by atoms with Crippen LogP contribution in [0.3, 0.4) is 0 Å². The monoisotopic (exact) mass is 1490 g/mol. The van der Waals surface area contributed by atoms with Crippen molar-refractivity contribution in [3.8, 4) is 66.8 Å². The molecule has 0 saturated carbocycles. The normalized spacial score (nSPS) is 12.5. The van der Waals surface area contributed by atoms with Crippen LogP contribution in [-0.2, 0) is 0 Å². The molecular weight excluding hydrogens is 1420 g/mol. The topological polar surface area (TPSA) is 16.2 Å². The van der Waals surface area contributed by atoms with Crippen molar-refractivity contribution in [1.82, 2.24) is 0 Å². The SMILES string of the molecule is c1ccc(-c2cccc(-c3ccccc3)c2N(c2ccccc2)c2cc3c4c(c2)N(c2ccccc2)c2ccccc2B4c2cc4c(cc2S3)N(c2c(-c3ccccc3)cccc2-c2ccccc2)c2cc(N(c3ccccc3)c3c(-c5ccccc5)cccc3-c3ccccc3)cc3c2B4c2ccccc2N3c2ccccc2)cc1. The molecule has 0 aliphatic carbocycles. The summed E-state index contributed by atoms with van der Waals surface area (Å²) in [4.78, 5) is 15.3. The molecule has 18 aromatic carbocycles. The minimum absolute atomic E-state index is 0.191. The Hall–Kier alpha value is -14.6. The van der Waals surface area contributed by atoms with Crippen molar-refractivity contribution in [3.05, 3.63) is 443 Å². The quantitative estimate of drug-likeness (QED) is 0.0944. The maximum absolute atomic E-state index is 2.72. The van der Waals surface area contributed by atoms with E-state index >= 15 is 0 Å². The largest absolute Gasteiger partial charge is 0.311 e. The molecule has 22 rings (SSSR count). The van der Waals surface area contributed by atoms with Crippen molar-refractivity contribution in [2.24, 2.45) is 0 Å². The maximum atomic E-state index is 2.72. The summed E-state index contributed by atoms with van der Waals surface area (Å²) in [6.45, 7) is -0.451. The van der Waals surface area contributed by atoms with Gasteiger partial charge in [-0.2, -0.15) is 0 Å². The van der Waals surface area contributed by atoms with Crippen LogP contribution in [0, 0.1) is 0 Å². The lowest BCUT2D eigenvalue weighted by atomic mass is 9.31. The number of para-hydroxylation sites is 9. The molecule has 0 atom stereocenters. The average molecular weight is 1490 g/mol. The van der Waals surface area contributed by atoms with Crippen LogP contribution >= 0.6 is 11.8 Å². The summed E-state index contributed by atoms with van der Waals surface area (Å²) in [5, 5.41) is 0. The lowest BCUT2D eigenvalue weighted by Gasteiger charge is -2.47. The number of nitrogens with zero attached hydrogens (tertiary/aromatic N) is 5. The van der Waals surface area contributed by atoms with E-state index in [2.05, 4.69) is 467 Å². The summed E-state index contributed by atoms with van der Waals surface area (Å²) in [6.07, 6.45) is 0. The molecule has 116 heavy (non-hydrogen) atoms. The summed E-state index contributed by atoms with van der Waals surface area (Å²) in [6, 6.07) is 165. The average Bonchev–Trinajstić information content (AvgIpc) is 0.688. The Bertz CT molecular complexity index is 6580. The fourth-order valence-electron chi connectivity index (χ4n) is 18.7. The third-order valence-electron chi connectivity index (χ3n) is 23.6. The molecule has 8 heteroatoms. The highest BCUT2D eigenvalue weighted by Gasteiger charge is 2.49. The highest BCUT2D eigenvalue weighted by atomic mass is 32.2. The second-order valence-electron chi connectivity index (χ2n) is 30.1. The molecule has 0 saturated heterocycles. The molecule has 4 heterocycles. The fourth-order valence-corrected chi connectivity index (χ4v) is 20.0. The zero-order valence-corrected chi connectivity index (χ0v) is 64.3. The Morgan fingerprint density at radius 2 is 0.509 bits per heavy atom. The molecule has 0 radical (unpaired) electrons. The Kier molecular flexibility index (Phi) is 17.0. The van der Waals surface area contributed by atoms with E-state index in [-0.39, 0.29) is 13.4 Å². The fraction of sp³-hybridized carbons (Fsp3) is 0. The first kappa shape index (κ1) is 68.3. The van der Waals surface area contributed by atoms with Crippen molar-refractivity contribution in [2.75, 3.05) is 24.5 Å². The zero-order chi connectivity index (χ0) is 76.6. The molecule has 0 fully saturated rings. The van der Waals surface area contributed by atoms with Crippen molar-refractivity contribution in [1.29, 1.82) is 0 Å². The van der Waals surface area contributed by atoms with E-state index in [1.165, 1.54) is 42.6 Å². The highest BCUT2D eigenvalue weighted by molar-refractivity contribution is 8.00. The van der Waals surface area contributed by atoms with E-state index in [0.717, 1.165) is 152 Å². The first-order valence-electron chi connectivity index (χ1n) is 40.0. The van der Waals surface area contributed by atoms with E-state index in [0.29, 0.717) is 0 Å². The first-order valence-corrected chi connectivity index (χ1v) is 40.8. The van der Waals surface area contributed by atoms with Crippen molar-refractivity contribution >= 4 is 143 Å². The van der Waals surface area contributed by atoms with Crippen LogP contribution in [0.15, 0.2) is 453 Å². The van der Waals surface area contributed by atoms with Crippen LogP contribution in [0.25, 0.3) is 66.8 Å². The van der Waals surface area contributed by atoms with E-state index in [4.69, 9.17) is 0 Å². The molecule has 0 amide bonds. The van der Waals surface area contributed by atoms with E-state index < -0.39 is 0 Å². The van der Waals surface area contributed by atoms with E-state index in [1.807, 2.05) is 11.8 Å². The van der Waals surface area contributed by atoms with Crippen LogP contribution in [0.2, 0.25) is 0 Å².